The lowest BCUT2D eigenvalue weighted by molar-refractivity contribution is -0.899. The first-order valence-electron chi connectivity index (χ1n) is 9.05. The van der Waals surface area contributed by atoms with Gasteiger partial charge in [0.1, 0.15) is 5.82 Å². The van der Waals surface area contributed by atoms with E-state index in [1.807, 2.05) is 17.5 Å². The second kappa shape index (κ2) is 9.48. The van der Waals surface area contributed by atoms with Crippen molar-refractivity contribution in [3.05, 3.63) is 52.5 Å². The molecule has 0 radical (unpaired) electrons. The van der Waals surface area contributed by atoms with Gasteiger partial charge in [-0.25, -0.2) is 4.39 Å². The Morgan fingerprint density at radius 1 is 1.11 bits per heavy atom. The molecule has 1 aliphatic rings. The molecule has 2 heterocycles. The quantitative estimate of drug-likeness (QED) is 0.629. The number of thiophene rings is 1. The topological polar surface area (TPSA) is 65.9 Å². The molecule has 27 heavy (non-hydrogen) atoms. The summed E-state index contributed by atoms with van der Waals surface area (Å²) in [7, 11) is 0. The molecule has 8 heteroatoms. The van der Waals surface area contributed by atoms with E-state index in [1.165, 1.54) is 22.3 Å². The molecular weight excluding hydrogens is 367 g/mol. The maximum atomic E-state index is 13.9. The Morgan fingerprint density at radius 2 is 1.89 bits per heavy atom. The molecule has 3 rings (SSSR count). The summed E-state index contributed by atoms with van der Waals surface area (Å²) in [6.07, 6.45) is 0. The third kappa shape index (κ3) is 5.51. The van der Waals surface area contributed by atoms with Gasteiger partial charge in [0.15, 0.2) is 0 Å². The van der Waals surface area contributed by atoms with Crippen molar-refractivity contribution < 1.29 is 18.9 Å². The zero-order valence-corrected chi connectivity index (χ0v) is 15.9. The molecule has 1 fully saturated rings. The van der Waals surface area contributed by atoms with Gasteiger partial charge in [0.05, 0.1) is 56.4 Å². The van der Waals surface area contributed by atoms with Crippen LogP contribution in [0.4, 0.5) is 10.1 Å². The van der Waals surface area contributed by atoms with Crippen molar-refractivity contribution in [2.45, 2.75) is 0 Å². The van der Waals surface area contributed by atoms with Crippen LogP contribution in [-0.4, -0.2) is 57.6 Å². The predicted molar refractivity (Wildman–Crippen MR) is 104 cm³/mol. The van der Waals surface area contributed by atoms with Crippen molar-refractivity contribution in [1.29, 1.82) is 0 Å². The minimum Gasteiger partial charge on any atom is -0.358 e. The number of para-hydroxylation sites is 1. The number of nitrogens with zero attached hydrogens (tertiary/aromatic N) is 1. The molecule has 0 saturated carbocycles. The number of piperazine rings is 1. The van der Waals surface area contributed by atoms with Gasteiger partial charge < -0.3 is 20.4 Å². The van der Waals surface area contributed by atoms with E-state index in [0.29, 0.717) is 17.1 Å². The third-order valence-electron chi connectivity index (χ3n) is 4.62. The number of anilines is 1. The summed E-state index contributed by atoms with van der Waals surface area (Å²) in [6.45, 7) is 4.74. The molecule has 0 aliphatic carbocycles. The molecule has 144 valence electrons. The third-order valence-corrected chi connectivity index (χ3v) is 5.49. The van der Waals surface area contributed by atoms with E-state index in [1.54, 1.807) is 18.2 Å². The highest BCUT2D eigenvalue weighted by molar-refractivity contribution is 7.12. The molecular formula is C19H24FN4O2S+. The Labute approximate surface area is 162 Å². The van der Waals surface area contributed by atoms with E-state index in [2.05, 4.69) is 15.5 Å². The van der Waals surface area contributed by atoms with E-state index >= 15 is 0 Å². The standard InChI is InChI=1S/C19H23FN4O2S/c20-15-4-1-2-5-16(15)24-11-9-23(10-12-24)8-7-21-18(25)14-22-19(26)17-6-3-13-27-17/h1-6,13H,7-12,14H2,(H,21,25)(H,22,26)/p+1. The molecule has 1 aromatic carbocycles. The van der Waals surface area contributed by atoms with E-state index in [9.17, 15) is 14.0 Å². The van der Waals surface area contributed by atoms with Crippen LogP contribution in [-0.2, 0) is 4.79 Å². The second-order valence-corrected chi connectivity index (χ2v) is 7.40. The average Bonchev–Trinajstić information content (AvgIpc) is 3.22. The number of hydrogen-bond donors (Lipinski definition) is 3. The highest BCUT2D eigenvalue weighted by atomic mass is 32.1. The van der Waals surface area contributed by atoms with Crippen LogP contribution < -0.4 is 20.4 Å². The van der Waals surface area contributed by atoms with Gasteiger partial charge in [-0.2, -0.15) is 0 Å². The number of rotatable bonds is 7. The summed E-state index contributed by atoms with van der Waals surface area (Å²) >= 11 is 1.34. The van der Waals surface area contributed by atoms with Gasteiger partial charge >= 0.3 is 0 Å². The van der Waals surface area contributed by atoms with Crippen molar-refractivity contribution in [1.82, 2.24) is 10.6 Å². The van der Waals surface area contributed by atoms with Crippen molar-refractivity contribution in [3.63, 3.8) is 0 Å². The Hall–Kier alpha value is -2.45. The van der Waals surface area contributed by atoms with Gasteiger partial charge in [0, 0.05) is 0 Å². The maximum Gasteiger partial charge on any atom is 0.261 e. The summed E-state index contributed by atoms with van der Waals surface area (Å²) in [5, 5.41) is 7.27. The second-order valence-electron chi connectivity index (χ2n) is 6.45. The fourth-order valence-corrected chi connectivity index (χ4v) is 3.76. The first kappa shape index (κ1) is 19.3. The average molecular weight is 391 g/mol. The van der Waals surface area contributed by atoms with Gasteiger partial charge in [-0.1, -0.05) is 18.2 Å². The fourth-order valence-electron chi connectivity index (χ4n) is 3.12. The Bertz CT molecular complexity index is 761. The van der Waals surface area contributed by atoms with Gasteiger partial charge in [-0.3, -0.25) is 9.59 Å². The van der Waals surface area contributed by atoms with Gasteiger partial charge in [-0.15, -0.1) is 11.3 Å². The predicted octanol–water partition coefficient (Wildman–Crippen LogP) is 0.138. The lowest BCUT2D eigenvalue weighted by Crippen LogP contribution is -3.15. The Morgan fingerprint density at radius 3 is 2.59 bits per heavy atom. The molecule has 3 N–H and O–H groups in total. The normalized spacial score (nSPS) is 14.8. The highest BCUT2D eigenvalue weighted by Gasteiger charge is 2.21. The molecule has 0 spiro atoms. The number of nitrogens with one attached hydrogen (secondary N) is 3. The van der Waals surface area contributed by atoms with E-state index in [0.717, 1.165) is 32.7 Å². The van der Waals surface area contributed by atoms with Crippen molar-refractivity contribution in [2.24, 2.45) is 0 Å². The number of halogens is 1. The summed E-state index contributed by atoms with van der Waals surface area (Å²) in [5.41, 5.74) is 0.659. The molecule has 1 aromatic heterocycles. The lowest BCUT2D eigenvalue weighted by atomic mass is 10.2. The molecule has 0 unspecified atom stereocenters. The van der Waals surface area contributed by atoms with Crippen molar-refractivity contribution in [2.75, 3.05) is 50.7 Å². The maximum absolute atomic E-state index is 13.9. The zero-order valence-electron chi connectivity index (χ0n) is 15.0. The van der Waals surface area contributed by atoms with Crippen LogP contribution in [0.5, 0.6) is 0 Å². The molecule has 0 bridgehead atoms. The van der Waals surface area contributed by atoms with Gasteiger partial charge in [0.2, 0.25) is 5.91 Å². The van der Waals surface area contributed by atoms with Gasteiger partial charge in [-0.05, 0) is 23.6 Å². The monoisotopic (exact) mass is 391 g/mol. The zero-order chi connectivity index (χ0) is 19.1. The van der Waals surface area contributed by atoms with Crippen LogP contribution in [0.25, 0.3) is 0 Å². The highest BCUT2D eigenvalue weighted by Crippen LogP contribution is 2.18. The smallest absolute Gasteiger partial charge is 0.261 e. The molecule has 0 atom stereocenters. The summed E-state index contributed by atoms with van der Waals surface area (Å²) in [6, 6.07) is 10.4. The number of carbonyl (C=O) groups is 2. The van der Waals surface area contributed by atoms with Crippen LogP contribution in [0.1, 0.15) is 9.67 Å². The van der Waals surface area contributed by atoms with Crippen LogP contribution in [0.15, 0.2) is 41.8 Å². The number of benzene rings is 1. The molecule has 1 saturated heterocycles. The summed E-state index contributed by atoms with van der Waals surface area (Å²) < 4.78 is 13.9. The minimum atomic E-state index is -0.227. The van der Waals surface area contributed by atoms with Crippen LogP contribution >= 0.6 is 11.3 Å². The number of carbonyl (C=O) groups excluding carboxylic acids is 2. The number of amides is 2. The SMILES string of the molecule is O=C(CNC(=O)c1cccs1)NCC[NH+]1CCN(c2ccccc2F)CC1. The molecule has 2 amide bonds. The van der Waals surface area contributed by atoms with E-state index in [4.69, 9.17) is 0 Å². The van der Waals surface area contributed by atoms with Crippen molar-refractivity contribution in [3.8, 4) is 0 Å². The minimum absolute atomic E-state index is 0.0207. The Balaban J connectivity index is 1.31. The molecule has 1 aliphatic heterocycles. The van der Waals surface area contributed by atoms with Crippen molar-refractivity contribution >= 4 is 28.8 Å². The molecule has 6 nitrogen and oxygen atoms in total. The van der Waals surface area contributed by atoms with E-state index in [-0.39, 0.29) is 24.2 Å². The first-order chi connectivity index (χ1) is 13.1. The fraction of sp³-hybridized carbons (Fsp3) is 0.368. The number of hydrogen-bond acceptors (Lipinski definition) is 4. The lowest BCUT2D eigenvalue weighted by Gasteiger charge is -2.33. The first-order valence-corrected chi connectivity index (χ1v) is 9.93. The molecule has 2 aromatic rings. The summed E-state index contributed by atoms with van der Waals surface area (Å²) in [4.78, 5) is 27.7. The van der Waals surface area contributed by atoms with Crippen LogP contribution in [0.2, 0.25) is 0 Å². The van der Waals surface area contributed by atoms with E-state index < -0.39 is 0 Å². The van der Waals surface area contributed by atoms with Crippen LogP contribution in [0, 0.1) is 5.82 Å². The summed E-state index contributed by atoms with van der Waals surface area (Å²) in [5.74, 6) is -0.600. The Kier molecular flexibility index (Phi) is 6.78. The van der Waals surface area contributed by atoms with Crippen LogP contribution in [0.3, 0.4) is 0 Å². The largest absolute Gasteiger partial charge is 0.358 e. The number of quaternary nitrogens is 1. The van der Waals surface area contributed by atoms with Gasteiger partial charge in [0.25, 0.3) is 5.91 Å².